The summed E-state index contributed by atoms with van der Waals surface area (Å²) in [6.45, 7) is 7.01. The highest BCUT2D eigenvalue weighted by Gasteiger charge is 2.28. The molecule has 36 heavy (non-hydrogen) atoms. The van der Waals surface area contributed by atoms with Crippen LogP contribution < -0.4 is 4.74 Å². The van der Waals surface area contributed by atoms with Gasteiger partial charge in [0.25, 0.3) is 0 Å². The summed E-state index contributed by atoms with van der Waals surface area (Å²) in [4.78, 5) is 9.77. The van der Waals surface area contributed by atoms with E-state index in [1.807, 2.05) is 26.1 Å². The molecule has 0 bridgehead atoms. The topological polar surface area (TPSA) is 95.8 Å². The number of nitrogens with zero attached hydrogens (tertiary/aromatic N) is 4. The predicted octanol–water partition coefficient (Wildman–Crippen LogP) is 3.55. The number of thioether (sulfide) groups is 1. The molecule has 1 unspecified atom stereocenters. The smallest absolute Gasteiger partial charge is 0.243 e. The number of rotatable bonds is 8. The molecule has 2 aromatic heterocycles. The van der Waals surface area contributed by atoms with E-state index in [0.29, 0.717) is 44.1 Å². The first-order valence-corrected chi connectivity index (χ1v) is 14.6. The Kier molecular flexibility index (Phi) is 7.55. The van der Waals surface area contributed by atoms with Crippen LogP contribution in [0.15, 0.2) is 34.4 Å². The number of sulfonamides is 1. The molecule has 11 heteroatoms. The van der Waals surface area contributed by atoms with Crippen molar-refractivity contribution >= 4 is 32.8 Å². The highest BCUT2D eigenvalue weighted by Crippen LogP contribution is 2.32. The largest absolute Gasteiger partial charge is 0.496 e. The van der Waals surface area contributed by atoms with Crippen molar-refractivity contribution in [2.24, 2.45) is 0 Å². The number of benzene rings is 1. The lowest BCUT2D eigenvalue weighted by Crippen LogP contribution is -2.40. The molecule has 4 heterocycles. The average Bonchev–Trinajstić information content (AvgIpc) is 3.52. The molecule has 0 spiro atoms. The minimum atomic E-state index is -3.60. The molecule has 0 radical (unpaired) electrons. The summed E-state index contributed by atoms with van der Waals surface area (Å²) in [6, 6.07) is 5.24. The van der Waals surface area contributed by atoms with Gasteiger partial charge in [0.2, 0.25) is 10.0 Å². The molecular formula is C25H32N4O5S2. The number of fused-ring (bicyclic) bond motifs is 1. The fourth-order valence-corrected chi connectivity index (χ4v) is 7.29. The lowest BCUT2D eigenvalue weighted by atomic mass is 10.1. The molecule has 0 saturated carbocycles. The lowest BCUT2D eigenvalue weighted by molar-refractivity contribution is 0.0730. The second-order valence-corrected chi connectivity index (χ2v) is 12.0. The number of pyridine rings is 1. The fourth-order valence-electron chi connectivity index (χ4n) is 4.81. The molecule has 1 atom stereocenters. The van der Waals surface area contributed by atoms with Gasteiger partial charge in [-0.1, -0.05) is 11.8 Å². The standard InChI is InChI=1S/C25H32N4O5S2/c1-17-14-26-22(18(2)24(17)32-3)16-35-25-27-21-13-20(36(30,31)28-8-11-33-12-9-28)6-7-23(21)29(25)15-19-5-4-10-34-19/h6-7,13-14,19H,4-5,8-12,15-16H2,1-3H3. The summed E-state index contributed by atoms with van der Waals surface area (Å²) < 4.78 is 46.9. The molecule has 0 N–H and O–H groups in total. The van der Waals surface area contributed by atoms with E-state index in [0.717, 1.165) is 52.7 Å². The van der Waals surface area contributed by atoms with Crippen molar-refractivity contribution in [2.75, 3.05) is 40.0 Å². The summed E-state index contributed by atoms with van der Waals surface area (Å²) in [6.07, 6.45) is 4.01. The minimum absolute atomic E-state index is 0.123. The maximum absolute atomic E-state index is 13.2. The van der Waals surface area contributed by atoms with Crippen LogP contribution in [0.25, 0.3) is 11.0 Å². The van der Waals surface area contributed by atoms with Crippen molar-refractivity contribution in [3.05, 3.63) is 41.2 Å². The monoisotopic (exact) mass is 532 g/mol. The molecular weight excluding hydrogens is 500 g/mol. The van der Waals surface area contributed by atoms with E-state index in [-0.39, 0.29) is 11.0 Å². The first kappa shape index (κ1) is 25.5. The van der Waals surface area contributed by atoms with E-state index in [1.54, 1.807) is 31.0 Å². The van der Waals surface area contributed by atoms with E-state index in [2.05, 4.69) is 9.55 Å². The number of imidazole rings is 1. The second kappa shape index (κ2) is 10.7. The summed E-state index contributed by atoms with van der Waals surface area (Å²) in [7, 11) is -1.93. The van der Waals surface area contributed by atoms with Crippen LogP contribution in [0.1, 0.15) is 29.7 Å². The Balaban J connectivity index is 1.48. The lowest BCUT2D eigenvalue weighted by Gasteiger charge is -2.26. The predicted molar refractivity (Wildman–Crippen MR) is 138 cm³/mol. The van der Waals surface area contributed by atoms with Crippen LogP contribution in [-0.2, 0) is 31.8 Å². The van der Waals surface area contributed by atoms with Crippen molar-refractivity contribution in [1.82, 2.24) is 18.8 Å². The molecule has 3 aromatic rings. The SMILES string of the molecule is COc1c(C)cnc(CSc2nc3cc(S(=O)(=O)N4CCOCC4)ccc3n2CC2CCCO2)c1C. The molecule has 0 aliphatic carbocycles. The Hall–Kier alpha value is -2.18. The van der Waals surface area contributed by atoms with Crippen LogP contribution >= 0.6 is 11.8 Å². The highest BCUT2D eigenvalue weighted by atomic mass is 32.2. The number of ether oxygens (including phenoxy) is 3. The molecule has 2 fully saturated rings. The van der Waals surface area contributed by atoms with Crippen LogP contribution in [0.3, 0.4) is 0 Å². The minimum Gasteiger partial charge on any atom is -0.496 e. The summed E-state index contributed by atoms with van der Waals surface area (Å²) >= 11 is 1.59. The highest BCUT2D eigenvalue weighted by molar-refractivity contribution is 7.98. The summed E-state index contributed by atoms with van der Waals surface area (Å²) in [5.74, 6) is 1.47. The number of morpholine rings is 1. The van der Waals surface area contributed by atoms with Crippen LogP contribution in [-0.4, -0.2) is 73.4 Å². The Labute approximate surface area is 216 Å². The number of hydrogen-bond donors (Lipinski definition) is 0. The Morgan fingerprint density at radius 3 is 2.72 bits per heavy atom. The third-order valence-electron chi connectivity index (χ3n) is 6.79. The van der Waals surface area contributed by atoms with Crippen LogP contribution in [0.2, 0.25) is 0 Å². The zero-order valence-corrected chi connectivity index (χ0v) is 22.5. The Morgan fingerprint density at radius 1 is 1.19 bits per heavy atom. The number of aryl methyl sites for hydroxylation is 1. The van der Waals surface area contributed by atoms with Gasteiger partial charge >= 0.3 is 0 Å². The first-order valence-electron chi connectivity index (χ1n) is 12.2. The van der Waals surface area contributed by atoms with E-state index < -0.39 is 10.0 Å². The second-order valence-electron chi connectivity index (χ2n) is 9.14. The van der Waals surface area contributed by atoms with Crippen LogP contribution in [0.5, 0.6) is 5.75 Å². The van der Waals surface area contributed by atoms with Gasteiger partial charge in [0.15, 0.2) is 5.16 Å². The van der Waals surface area contributed by atoms with E-state index in [1.165, 1.54) is 4.31 Å². The van der Waals surface area contributed by atoms with Gasteiger partial charge in [0.05, 0.1) is 54.6 Å². The van der Waals surface area contributed by atoms with Gasteiger partial charge in [0.1, 0.15) is 5.75 Å². The third-order valence-corrected chi connectivity index (χ3v) is 9.67. The number of aromatic nitrogens is 3. The van der Waals surface area contributed by atoms with Gasteiger partial charge in [-0.2, -0.15) is 4.31 Å². The molecule has 5 rings (SSSR count). The maximum Gasteiger partial charge on any atom is 0.243 e. The van der Waals surface area contributed by atoms with Gasteiger partial charge < -0.3 is 18.8 Å². The van der Waals surface area contributed by atoms with E-state index in [4.69, 9.17) is 19.2 Å². The molecule has 0 amide bonds. The summed E-state index contributed by atoms with van der Waals surface area (Å²) in [5.41, 5.74) is 4.53. The molecule has 9 nitrogen and oxygen atoms in total. The normalized spacial score (nSPS) is 19.2. The quantitative estimate of drug-likeness (QED) is 0.407. The van der Waals surface area contributed by atoms with Crippen molar-refractivity contribution in [1.29, 1.82) is 0 Å². The van der Waals surface area contributed by atoms with E-state index in [9.17, 15) is 8.42 Å². The zero-order valence-electron chi connectivity index (χ0n) is 20.9. The van der Waals surface area contributed by atoms with Gasteiger partial charge in [-0.05, 0) is 44.9 Å². The van der Waals surface area contributed by atoms with Crippen LogP contribution in [0, 0.1) is 13.8 Å². The molecule has 1 aromatic carbocycles. The van der Waals surface area contributed by atoms with Crippen molar-refractivity contribution in [3.8, 4) is 5.75 Å². The van der Waals surface area contributed by atoms with Crippen LogP contribution in [0.4, 0.5) is 0 Å². The molecule has 194 valence electrons. The van der Waals surface area contributed by atoms with Crippen molar-refractivity contribution in [3.63, 3.8) is 0 Å². The Morgan fingerprint density at radius 2 is 2.00 bits per heavy atom. The third kappa shape index (κ3) is 4.99. The van der Waals surface area contributed by atoms with Gasteiger partial charge in [-0.3, -0.25) is 4.98 Å². The molecule has 2 aliphatic heterocycles. The van der Waals surface area contributed by atoms with Gasteiger partial charge in [-0.25, -0.2) is 13.4 Å². The molecule has 2 saturated heterocycles. The average molecular weight is 533 g/mol. The van der Waals surface area contributed by atoms with Crippen molar-refractivity contribution < 1.29 is 22.6 Å². The number of methoxy groups -OCH3 is 1. The number of hydrogen-bond acceptors (Lipinski definition) is 8. The Bertz CT molecular complexity index is 1350. The fraction of sp³-hybridized carbons (Fsp3) is 0.520. The van der Waals surface area contributed by atoms with Crippen molar-refractivity contribution in [2.45, 2.75) is 55.1 Å². The molecule has 2 aliphatic rings. The van der Waals surface area contributed by atoms with E-state index >= 15 is 0 Å². The zero-order chi connectivity index (χ0) is 25.3. The maximum atomic E-state index is 13.2. The van der Waals surface area contributed by atoms with Gasteiger partial charge in [0, 0.05) is 42.8 Å². The summed E-state index contributed by atoms with van der Waals surface area (Å²) in [5, 5.41) is 0.821. The first-order chi connectivity index (χ1) is 17.4. The van der Waals surface area contributed by atoms with Gasteiger partial charge in [-0.15, -0.1) is 0 Å².